The van der Waals surface area contributed by atoms with Crippen LogP contribution >= 0.6 is 0 Å². The highest BCUT2D eigenvalue weighted by molar-refractivity contribution is 6.04. The third kappa shape index (κ3) is 6.04. The number of rotatable bonds is 9. The van der Waals surface area contributed by atoms with Crippen LogP contribution in [-0.2, 0) is 4.74 Å². The standard InChI is InChI=1S/C28H29F3N8O3/c1-3-41-15-42-17-10-19(30)25(20(31)11-17)26-18(29)4-5-22(35-26)28(40)36-23-12-33-7-6-24(23)38-13-16(2)27(21(32)14-38)39-9-8-34-37-39/h4-12,16,21,27H,3,13-15,32H2,1-2H3,(H,36,40)/t16-,21+,27-/m0/s1. The van der Waals surface area contributed by atoms with E-state index in [9.17, 15) is 18.0 Å². The zero-order chi connectivity index (χ0) is 29.8. The number of anilines is 2. The van der Waals surface area contributed by atoms with Crippen molar-refractivity contribution in [2.24, 2.45) is 11.7 Å². The van der Waals surface area contributed by atoms with Crippen LogP contribution in [-0.4, -0.2) is 63.4 Å². The number of halogens is 3. The molecule has 1 aromatic carbocycles. The van der Waals surface area contributed by atoms with Crippen molar-refractivity contribution >= 4 is 17.3 Å². The molecule has 4 heterocycles. The Morgan fingerprint density at radius 2 is 1.90 bits per heavy atom. The lowest BCUT2D eigenvalue weighted by Gasteiger charge is -2.42. The maximum absolute atomic E-state index is 14.9. The normalized spacial score (nSPS) is 18.6. The number of carbonyl (C=O) groups is 1. The summed E-state index contributed by atoms with van der Waals surface area (Å²) in [5.74, 6) is -4.00. The summed E-state index contributed by atoms with van der Waals surface area (Å²) in [5.41, 5.74) is 5.91. The Bertz CT molecular complexity index is 1520. The second-order valence-corrected chi connectivity index (χ2v) is 9.81. The van der Waals surface area contributed by atoms with Gasteiger partial charge in [-0.3, -0.25) is 9.78 Å². The molecule has 1 aliphatic rings. The number of carbonyl (C=O) groups excluding carboxylic acids is 1. The topological polar surface area (TPSA) is 133 Å². The Kier molecular flexibility index (Phi) is 8.64. The van der Waals surface area contributed by atoms with Crippen molar-refractivity contribution in [3.63, 3.8) is 0 Å². The number of ether oxygens (including phenoxy) is 2. The molecule has 3 N–H and O–H groups in total. The minimum absolute atomic E-state index is 0.0587. The van der Waals surface area contributed by atoms with E-state index >= 15 is 0 Å². The summed E-state index contributed by atoms with van der Waals surface area (Å²) >= 11 is 0. The summed E-state index contributed by atoms with van der Waals surface area (Å²) in [6.07, 6.45) is 6.44. The van der Waals surface area contributed by atoms with Gasteiger partial charge in [-0.2, -0.15) is 0 Å². The Balaban J connectivity index is 1.37. The maximum atomic E-state index is 14.9. The van der Waals surface area contributed by atoms with Gasteiger partial charge < -0.3 is 25.4 Å². The lowest BCUT2D eigenvalue weighted by Crippen LogP contribution is -2.53. The van der Waals surface area contributed by atoms with Gasteiger partial charge in [-0.25, -0.2) is 22.8 Å². The van der Waals surface area contributed by atoms with Crippen molar-refractivity contribution in [1.82, 2.24) is 25.0 Å². The van der Waals surface area contributed by atoms with E-state index in [-0.39, 0.29) is 36.2 Å². The number of pyridine rings is 2. The van der Waals surface area contributed by atoms with Crippen LogP contribution in [0.15, 0.2) is 55.1 Å². The fraction of sp³-hybridized carbons (Fsp3) is 0.321. The molecule has 3 aromatic heterocycles. The molecule has 0 bridgehead atoms. The van der Waals surface area contributed by atoms with Crippen LogP contribution in [0, 0.1) is 23.4 Å². The van der Waals surface area contributed by atoms with Crippen molar-refractivity contribution in [3.05, 3.63) is 78.3 Å². The smallest absolute Gasteiger partial charge is 0.274 e. The van der Waals surface area contributed by atoms with E-state index in [2.05, 4.69) is 32.5 Å². The number of nitrogens with zero attached hydrogens (tertiary/aromatic N) is 6. The molecule has 0 aliphatic carbocycles. The van der Waals surface area contributed by atoms with Crippen LogP contribution in [0.1, 0.15) is 30.4 Å². The van der Waals surface area contributed by atoms with Crippen LogP contribution < -0.4 is 20.7 Å². The van der Waals surface area contributed by atoms with Gasteiger partial charge in [-0.15, -0.1) is 5.10 Å². The van der Waals surface area contributed by atoms with E-state index in [4.69, 9.17) is 15.2 Å². The molecule has 0 radical (unpaired) electrons. The highest BCUT2D eigenvalue weighted by Gasteiger charge is 2.35. The number of amides is 1. The molecule has 0 spiro atoms. The maximum Gasteiger partial charge on any atom is 0.274 e. The van der Waals surface area contributed by atoms with Crippen LogP contribution in [0.25, 0.3) is 11.3 Å². The quantitative estimate of drug-likeness (QED) is 0.223. The number of aromatic nitrogens is 5. The Morgan fingerprint density at radius 1 is 1.12 bits per heavy atom. The predicted octanol–water partition coefficient (Wildman–Crippen LogP) is 3.80. The molecule has 11 nitrogen and oxygen atoms in total. The number of hydrogen-bond acceptors (Lipinski definition) is 9. The minimum Gasteiger partial charge on any atom is -0.467 e. The molecule has 220 valence electrons. The van der Waals surface area contributed by atoms with Crippen molar-refractivity contribution in [3.8, 4) is 17.0 Å². The number of nitrogens with one attached hydrogen (secondary N) is 1. The van der Waals surface area contributed by atoms with E-state index in [0.717, 1.165) is 24.3 Å². The first-order valence-electron chi connectivity index (χ1n) is 13.2. The van der Waals surface area contributed by atoms with E-state index in [0.29, 0.717) is 31.1 Å². The number of benzene rings is 1. The molecule has 0 saturated carbocycles. The van der Waals surface area contributed by atoms with Gasteiger partial charge in [-0.05, 0) is 31.0 Å². The second kappa shape index (κ2) is 12.5. The Labute approximate surface area is 239 Å². The third-order valence-corrected chi connectivity index (χ3v) is 6.94. The van der Waals surface area contributed by atoms with Gasteiger partial charge in [0.2, 0.25) is 0 Å². The molecule has 1 saturated heterocycles. The highest BCUT2D eigenvalue weighted by Crippen LogP contribution is 2.34. The molecule has 3 atom stereocenters. The lowest BCUT2D eigenvalue weighted by molar-refractivity contribution is 0.0221. The average Bonchev–Trinajstić information content (AvgIpc) is 3.48. The molecule has 1 fully saturated rings. The van der Waals surface area contributed by atoms with Crippen LogP contribution in [0.3, 0.4) is 0 Å². The third-order valence-electron chi connectivity index (χ3n) is 6.94. The monoisotopic (exact) mass is 582 g/mol. The SMILES string of the molecule is CCOCOc1cc(F)c(-c2nc(C(=O)Nc3cnccc3N3C[C@@H](N)[C@@H](n4ccnn4)[C@@H](C)C3)ccc2F)c(F)c1. The Morgan fingerprint density at radius 3 is 2.60 bits per heavy atom. The molecule has 4 aromatic rings. The first-order valence-corrected chi connectivity index (χ1v) is 13.2. The number of piperidine rings is 1. The summed E-state index contributed by atoms with van der Waals surface area (Å²) in [7, 11) is 0. The van der Waals surface area contributed by atoms with Crippen molar-refractivity contribution in [2.45, 2.75) is 25.9 Å². The average molecular weight is 583 g/mol. The van der Waals surface area contributed by atoms with Crippen molar-refractivity contribution in [1.29, 1.82) is 0 Å². The van der Waals surface area contributed by atoms with Gasteiger partial charge in [0.05, 0.1) is 35.4 Å². The number of nitrogens with two attached hydrogens (primary N) is 1. The first kappa shape index (κ1) is 29.0. The first-order chi connectivity index (χ1) is 20.3. The van der Waals surface area contributed by atoms with Gasteiger partial charge in [0.15, 0.2) is 6.79 Å². The predicted molar refractivity (Wildman–Crippen MR) is 147 cm³/mol. The fourth-order valence-corrected chi connectivity index (χ4v) is 5.09. The fourth-order valence-electron chi connectivity index (χ4n) is 5.09. The van der Waals surface area contributed by atoms with Gasteiger partial charge >= 0.3 is 0 Å². The molecule has 42 heavy (non-hydrogen) atoms. The summed E-state index contributed by atoms with van der Waals surface area (Å²) < 4.78 is 56.5. The molecule has 14 heteroatoms. The number of hydrogen-bond donors (Lipinski definition) is 2. The molecule has 0 unspecified atom stereocenters. The molecular formula is C28H29F3N8O3. The van der Waals surface area contributed by atoms with E-state index in [1.54, 1.807) is 36.3 Å². The van der Waals surface area contributed by atoms with E-state index < -0.39 is 34.6 Å². The summed E-state index contributed by atoms with van der Waals surface area (Å²) in [6.45, 7) is 5.00. The van der Waals surface area contributed by atoms with Gasteiger partial charge in [0, 0.05) is 50.3 Å². The van der Waals surface area contributed by atoms with Crippen LogP contribution in [0.2, 0.25) is 0 Å². The second-order valence-electron chi connectivity index (χ2n) is 9.81. The summed E-state index contributed by atoms with van der Waals surface area (Å²) in [4.78, 5) is 23.4. The molecule has 1 aliphatic heterocycles. The van der Waals surface area contributed by atoms with E-state index in [1.807, 2.05) is 4.90 Å². The molecular weight excluding hydrogens is 553 g/mol. The molecule has 1 amide bonds. The summed E-state index contributed by atoms with van der Waals surface area (Å²) in [6, 6.07) is 5.24. The highest BCUT2D eigenvalue weighted by atomic mass is 19.1. The largest absolute Gasteiger partial charge is 0.467 e. The van der Waals surface area contributed by atoms with Crippen molar-refractivity contribution in [2.75, 3.05) is 36.7 Å². The molecule has 5 rings (SSSR count). The van der Waals surface area contributed by atoms with Crippen LogP contribution in [0.5, 0.6) is 5.75 Å². The van der Waals surface area contributed by atoms with Gasteiger partial charge in [0.1, 0.15) is 34.6 Å². The summed E-state index contributed by atoms with van der Waals surface area (Å²) in [5, 5.41) is 10.7. The van der Waals surface area contributed by atoms with Crippen LogP contribution in [0.4, 0.5) is 24.5 Å². The van der Waals surface area contributed by atoms with Gasteiger partial charge in [-0.1, -0.05) is 12.1 Å². The Hall–Kier alpha value is -4.56. The zero-order valence-corrected chi connectivity index (χ0v) is 22.9. The van der Waals surface area contributed by atoms with Gasteiger partial charge in [0.25, 0.3) is 5.91 Å². The minimum atomic E-state index is -1.11. The van der Waals surface area contributed by atoms with Crippen molar-refractivity contribution < 1.29 is 27.4 Å². The van der Waals surface area contributed by atoms with E-state index in [1.165, 1.54) is 6.20 Å². The lowest BCUT2D eigenvalue weighted by atomic mass is 9.90. The zero-order valence-electron chi connectivity index (χ0n) is 22.9.